The fourth-order valence-corrected chi connectivity index (χ4v) is 8.67. The van der Waals surface area contributed by atoms with Crippen LogP contribution in [0.25, 0.3) is 74.7 Å². The van der Waals surface area contributed by atoms with E-state index in [1.807, 2.05) is 11.3 Å². The average Bonchev–Trinajstić information content (AvgIpc) is 3.56. The lowest BCUT2D eigenvalue weighted by Gasteiger charge is -2.26. The van der Waals surface area contributed by atoms with Gasteiger partial charge in [-0.25, -0.2) is 0 Å². The third kappa shape index (κ3) is 4.84. The Balaban J connectivity index is 1.07. The lowest BCUT2D eigenvalue weighted by Crippen LogP contribution is -2.09. The molecule has 1 aromatic heterocycles. The maximum absolute atomic E-state index is 2.38. The Morgan fingerprint density at radius 2 is 0.780 bits per heavy atom. The first kappa shape index (κ1) is 28.8. The van der Waals surface area contributed by atoms with Gasteiger partial charge >= 0.3 is 0 Å². The van der Waals surface area contributed by atoms with E-state index in [0.29, 0.717) is 0 Å². The molecule has 0 bridgehead atoms. The van der Waals surface area contributed by atoms with Gasteiger partial charge < -0.3 is 4.90 Å². The maximum atomic E-state index is 2.38. The Morgan fingerprint density at radius 3 is 1.54 bits per heavy atom. The lowest BCUT2D eigenvalue weighted by atomic mass is 9.94. The molecule has 0 aliphatic rings. The molecule has 0 radical (unpaired) electrons. The highest BCUT2D eigenvalue weighted by atomic mass is 32.1. The van der Waals surface area contributed by atoms with Crippen LogP contribution in [0.1, 0.15) is 0 Å². The number of nitrogens with zero attached hydrogens (tertiary/aromatic N) is 1. The summed E-state index contributed by atoms with van der Waals surface area (Å²) in [5.41, 5.74) is 8.25. The molecule has 50 heavy (non-hydrogen) atoms. The van der Waals surface area contributed by atoms with Crippen LogP contribution < -0.4 is 4.90 Å². The third-order valence-corrected chi connectivity index (χ3v) is 11.2. The zero-order valence-electron chi connectivity index (χ0n) is 27.3. The first-order valence-electron chi connectivity index (χ1n) is 17.1. The van der Waals surface area contributed by atoms with Gasteiger partial charge in [0.2, 0.25) is 0 Å². The van der Waals surface area contributed by atoms with Gasteiger partial charge in [-0.3, -0.25) is 0 Å². The molecule has 10 aromatic rings. The highest BCUT2D eigenvalue weighted by Crippen LogP contribution is 2.42. The number of fused-ring (bicyclic) bond motifs is 8. The van der Waals surface area contributed by atoms with Crippen molar-refractivity contribution in [3.05, 3.63) is 188 Å². The molecule has 1 nitrogen and oxygen atoms in total. The van der Waals surface area contributed by atoms with Crippen LogP contribution in [-0.2, 0) is 0 Å². The van der Waals surface area contributed by atoms with E-state index in [1.54, 1.807) is 0 Å². The molecule has 0 unspecified atom stereocenters. The van der Waals surface area contributed by atoms with E-state index in [9.17, 15) is 0 Å². The first-order valence-corrected chi connectivity index (χ1v) is 17.9. The van der Waals surface area contributed by atoms with E-state index < -0.39 is 0 Å². The monoisotopic (exact) mass is 653 g/mol. The fourth-order valence-electron chi connectivity index (χ4n) is 7.53. The van der Waals surface area contributed by atoms with E-state index >= 15 is 0 Å². The molecule has 0 saturated carbocycles. The van der Waals surface area contributed by atoms with Gasteiger partial charge in [0, 0.05) is 37.2 Å². The minimum absolute atomic E-state index is 1.12. The topological polar surface area (TPSA) is 3.24 Å². The molecule has 9 aromatic carbocycles. The van der Waals surface area contributed by atoms with Crippen molar-refractivity contribution in [2.45, 2.75) is 0 Å². The lowest BCUT2D eigenvalue weighted by molar-refractivity contribution is 1.29. The Morgan fingerprint density at radius 1 is 0.280 bits per heavy atom. The smallest absolute Gasteiger partial charge is 0.0476 e. The zero-order valence-corrected chi connectivity index (χ0v) is 28.1. The summed E-state index contributed by atoms with van der Waals surface area (Å²) in [4.78, 5) is 2.38. The van der Waals surface area contributed by atoms with E-state index in [0.717, 1.165) is 17.1 Å². The van der Waals surface area contributed by atoms with Gasteiger partial charge in [-0.2, -0.15) is 0 Å². The highest BCUT2D eigenvalue weighted by molar-refractivity contribution is 7.25. The summed E-state index contributed by atoms with van der Waals surface area (Å²) < 4.78 is 2.61. The summed E-state index contributed by atoms with van der Waals surface area (Å²) in [7, 11) is 0. The van der Waals surface area contributed by atoms with Gasteiger partial charge in [0.15, 0.2) is 0 Å². The van der Waals surface area contributed by atoms with Crippen molar-refractivity contribution in [1.29, 1.82) is 0 Å². The van der Waals surface area contributed by atoms with Crippen LogP contribution in [0, 0.1) is 0 Å². The summed E-state index contributed by atoms with van der Waals surface area (Å²) in [6, 6.07) is 68.7. The fraction of sp³-hybridized carbons (Fsp3) is 0. The number of benzene rings is 9. The number of hydrogen-bond acceptors (Lipinski definition) is 2. The predicted molar refractivity (Wildman–Crippen MR) is 217 cm³/mol. The van der Waals surface area contributed by atoms with Gasteiger partial charge in [0.1, 0.15) is 0 Å². The minimum atomic E-state index is 1.12. The number of thiophene rings is 1. The second-order valence-electron chi connectivity index (χ2n) is 13.0. The quantitative estimate of drug-likeness (QED) is 0.167. The molecule has 10 rings (SSSR count). The summed E-state index contributed by atoms with van der Waals surface area (Å²) in [5.74, 6) is 0. The van der Waals surface area contributed by atoms with Gasteiger partial charge in [0.05, 0.1) is 0 Å². The third-order valence-electron chi connectivity index (χ3n) is 10.1. The van der Waals surface area contributed by atoms with E-state index in [2.05, 4.69) is 193 Å². The van der Waals surface area contributed by atoms with Crippen LogP contribution in [0.15, 0.2) is 188 Å². The Kier molecular flexibility index (Phi) is 6.75. The van der Waals surface area contributed by atoms with Crippen LogP contribution in [-0.4, -0.2) is 0 Å². The molecule has 0 saturated heterocycles. The van der Waals surface area contributed by atoms with Crippen molar-refractivity contribution >= 4 is 80.9 Å². The molecule has 0 atom stereocenters. The standard InChI is InChI=1S/C48H31NS/c1-2-8-32(9-3-1)33-16-22-38(23-17-33)49(40-26-29-45-44-12-6-7-13-47(44)50-48(45)31-40)39-24-18-34(19-25-39)37-15-14-36-21-27-42-41-11-5-4-10-35(41)20-28-43(42)46(36)30-37/h1-31H. The van der Waals surface area contributed by atoms with Gasteiger partial charge in [-0.15, -0.1) is 11.3 Å². The van der Waals surface area contributed by atoms with Crippen LogP contribution in [0.2, 0.25) is 0 Å². The second-order valence-corrected chi connectivity index (χ2v) is 14.0. The van der Waals surface area contributed by atoms with Crippen LogP contribution in [0.5, 0.6) is 0 Å². The Labute approximate surface area is 294 Å². The molecule has 234 valence electrons. The van der Waals surface area contributed by atoms with Crippen molar-refractivity contribution in [3.8, 4) is 22.3 Å². The molecular formula is C48H31NS. The highest BCUT2D eigenvalue weighted by Gasteiger charge is 2.16. The number of rotatable bonds is 5. The Bertz CT molecular complexity index is 2850. The number of hydrogen-bond donors (Lipinski definition) is 0. The molecule has 0 spiro atoms. The van der Waals surface area contributed by atoms with E-state index in [1.165, 1.54) is 74.7 Å². The molecule has 0 N–H and O–H groups in total. The summed E-state index contributed by atoms with van der Waals surface area (Å²) in [5, 5.41) is 10.3. The largest absolute Gasteiger partial charge is 0.310 e. The molecule has 0 aliphatic carbocycles. The summed E-state index contributed by atoms with van der Waals surface area (Å²) in [6.07, 6.45) is 0. The first-order chi connectivity index (χ1) is 24.8. The SMILES string of the molecule is c1ccc(-c2ccc(N(c3ccc(-c4ccc5ccc6c7ccccc7ccc6c5c4)cc3)c3ccc4c(c3)sc3ccccc34)cc2)cc1. The summed E-state index contributed by atoms with van der Waals surface area (Å²) in [6.45, 7) is 0. The number of anilines is 3. The summed E-state index contributed by atoms with van der Waals surface area (Å²) >= 11 is 1.86. The Hall–Kier alpha value is -6.22. The molecule has 0 fully saturated rings. The van der Waals surface area contributed by atoms with Gasteiger partial charge in [-0.1, -0.05) is 140 Å². The van der Waals surface area contributed by atoms with Gasteiger partial charge in [0.25, 0.3) is 0 Å². The normalized spacial score (nSPS) is 11.6. The van der Waals surface area contributed by atoms with Crippen molar-refractivity contribution in [2.24, 2.45) is 0 Å². The van der Waals surface area contributed by atoms with Crippen molar-refractivity contribution in [1.82, 2.24) is 0 Å². The van der Waals surface area contributed by atoms with Crippen molar-refractivity contribution in [3.63, 3.8) is 0 Å². The second kappa shape index (κ2) is 11.7. The predicted octanol–water partition coefficient (Wildman–Crippen LogP) is 14.3. The molecule has 1 heterocycles. The van der Waals surface area contributed by atoms with E-state index in [4.69, 9.17) is 0 Å². The van der Waals surface area contributed by atoms with Crippen LogP contribution >= 0.6 is 11.3 Å². The molecule has 0 aliphatic heterocycles. The van der Waals surface area contributed by atoms with Crippen LogP contribution in [0.4, 0.5) is 17.1 Å². The van der Waals surface area contributed by atoms with Crippen LogP contribution in [0.3, 0.4) is 0 Å². The average molecular weight is 654 g/mol. The molecule has 0 amide bonds. The van der Waals surface area contributed by atoms with E-state index in [-0.39, 0.29) is 0 Å². The van der Waals surface area contributed by atoms with Crippen molar-refractivity contribution < 1.29 is 0 Å². The minimum Gasteiger partial charge on any atom is -0.310 e. The zero-order chi connectivity index (χ0) is 33.0. The maximum Gasteiger partial charge on any atom is 0.0476 e. The van der Waals surface area contributed by atoms with Gasteiger partial charge in [-0.05, 0) is 103 Å². The molecule has 2 heteroatoms. The molecular weight excluding hydrogens is 623 g/mol. The van der Waals surface area contributed by atoms with Crippen molar-refractivity contribution in [2.75, 3.05) is 4.90 Å².